The molecule has 9 nitrogen and oxygen atoms in total. The van der Waals surface area contributed by atoms with E-state index in [2.05, 4.69) is 35.7 Å². The fourth-order valence-corrected chi connectivity index (χ4v) is 4.54. The molecule has 0 atom stereocenters. The van der Waals surface area contributed by atoms with Gasteiger partial charge in [0.25, 0.3) is 5.91 Å². The average Bonchev–Trinajstić information content (AvgIpc) is 3.40. The van der Waals surface area contributed by atoms with E-state index in [0.717, 1.165) is 12.2 Å². The molecule has 0 unspecified atom stereocenters. The van der Waals surface area contributed by atoms with Crippen molar-refractivity contribution in [3.05, 3.63) is 84.3 Å². The normalized spacial score (nSPS) is 11.6. The lowest BCUT2D eigenvalue weighted by Crippen LogP contribution is -2.30. The van der Waals surface area contributed by atoms with Gasteiger partial charge in [-0.05, 0) is 80.9 Å². The lowest BCUT2D eigenvalue weighted by atomic mass is 10.2. The number of rotatable bonds is 12. The number of benzene rings is 2. The van der Waals surface area contributed by atoms with Crippen molar-refractivity contribution in [3.8, 4) is 0 Å². The summed E-state index contributed by atoms with van der Waals surface area (Å²) in [5.41, 5.74) is 2.26. The highest BCUT2D eigenvalue weighted by Gasteiger charge is 2.14. The van der Waals surface area contributed by atoms with Crippen LogP contribution in [0.4, 0.5) is 11.4 Å². The van der Waals surface area contributed by atoms with Crippen LogP contribution in [0.25, 0.3) is 6.08 Å². The predicted octanol–water partition coefficient (Wildman–Crippen LogP) is 4.19. The van der Waals surface area contributed by atoms with Gasteiger partial charge in [-0.1, -0.05) is 12.1 Å². The van der Waals surface area contributed by atoms with Gasteiger partial charge in [0, 0.05) is 30.0 Å². The molecule has 0 radical (unpaired) electrons. The molecule has 0 bridgehead atoms. The molecule has 2 aromatic carbocycles. The Kier molecular flexibility index (Phi) is 9.64. The summed E-state index contributed by atoms with van der Waals surface area (Å²) in [6.07, 6.45) is 4.11. The standard InChI is InChI=1S/C27H31N3O6S/c1-4-30(20(2)3)23-12-10-22(11-13-23)29-26(31)19-36-27(32)16-9-21-7-14-25(15-8-21)37(33,34)28-18-24-6-5-17-35-24/h5-17,20,28H,4,18-19H2,1-3H3,(H,29,31)/b16-9+. The van der Waals surface area contributed by atoms with Crippen LogP contribution in [-0.4, -0.2) is 39.5 Å². The van der Waals surface area contributed by atoms with E-state index in [-0.39, 0.29) is 11.4 Å². The molecule has 1 heterocycles. The van der Waals surface area contributed by atoms with Crippen LogP contribution in [-0.2, 0) is 30.9 Å². The largest absolute Gasteiger partial charge is 0.468 e. The van der Waals surface area contributed by atoms with E-state index in [4.69, 9.17) is 9.15 Å². The molecule has 37 heavy (non-hydrogen) atoms. The number of hydrogen-bond donors (Lipinski definition) is 2. The van der Waals surface area contributed by atoms with E-state index in [1.807, 2.05) is 12.1 Å². The Balaban J connectivity index is 1.45. The van der Waals surface area contributed by atoms with Crippen LogP contribution in [0.1, 0.15) is 32.1 Å². The number of furan rings is 1. The van der Waals surface area contributed by atoms with Crippen molar-refractivity contribution in [2.24, 2.45) is 0 Å². The van der Waals surface area contributed by atoms with Gasteiger partial charge in [0.2, 0.25) is 10.0 Å². The summed E-state index contributed by atoms with van der Waals surface area (Å²) in [7, 11) is -3.71. The minimum atomic E-state index is -3.71. The zero-order valence-electron chi connectivity index (χ0n) is 21.0. The zero-order valence-corrected chi connectivity index (χ0v) is 21.8. The molecule has 0 aliphatic heterocycles. The number of amides is 1. The molecule has 3 rings (SSSR count). The van der Waals surface area contributed by atoms with Crippen LogP contribution < -0.4 is 14.9 Å². The molecule has 0 aliphatic carbocycles. The summed E-state index contributed by atoms with van der Waals surface area (Å²) in [4.78, 5) is 26.5. The quantitative estimate of drug-likeness (QED) is 0.269. The molecule has 0 fully saturated rings. The molecule has 1 aromatic heterocycles. The topological polar surface area (TPSA) is 118 Å². The summed E-state index contributed by atoms with van der Waals surface area (Å²) < 4.78 is 37.3. The maximum atomic E-state index is 12.4. The van der Waals surface area contributed by atoms with Crippen molar-refractivity contribution in [1.82, 2.24) is 4.72 Å². The molecule has 0 aliphatic rings. The van der Waals surface area contributed by atoms with Gasteiger partial charge in [-0.2, -0.15) is 0 Å². The third-order valence-corrected chi connectivity index (χ3v) is 6.83. The minimum absolute atomic E-state index is 0.0390. The highest BCUT2D eigenvalue weighted by atomic mass is 32.2. The van der Waals surface area contributed by atoms with Crippen LogP contribution in [0.15, 0.2) is 82.3 Å². The first-order valence-corrected chi connectivity index (χ1v) is 13.3. The Morgan fingerprint density at radius 3 is 2.35 bits per heavy atom. The van der Waals surface area contributed by atoms with E-state index in [1.54, 1.807) is 36.4 Å². The van der Waals surface area contributed by atoms with Gasteiger partial charge in [-0.25, -0.2) is 17.9 Å². The fraction of sp³-hybridized carbons (Fsp3) is 0.259. The summed E-state index contributed by atoms with van der Waals surface area (Å²) in [6.45, 7) is 6.79. The van der Waals surface area contributed by atoms with E-state index in [9.17, 15) is 18.0 Å². The number of esters is 1. The van der Waals surface area contributed by atoms with Crippen molar-refractivity contribution in [3.63, 3.8) is 0 Å². The maximum Gasteiger partial charge on any atom is 0.331 e. The number of anilines is 2. The molecule has 0 spiro atoms. The van der Waals surface area contributed by atoms with Gasteiger partial charge in [0.1, 0.15) is 5.76 Å². The van der Waals surface area contributed by atoms with Gasteiger partial charge in [-0.3, -0.25) is 4.79 Å². The Hall–Kier alpha value is -3.89. The first kappa shape index (κ1) is 27.7. The number of carbonyl (C=O) groups is 2. The Morgan fingerprint density at radius 2 is 1.76 bits per heavy atom. The first-order chi connectivity index (χ1) is 17.7. The van der Waals surface area contributed by atoms with Crippen molar-refractivity contribution in [2.45, 2.75) is 38.3 Å². The van der Waals surface area contributed by atoms with Gasteiger partial charge in [-0.15, -0.1) is 0 Å². The smallest absolute Gasteiger partial charge is 0.331 e. The average molecular weight is 526 g/mol. The molecular weight excluding hydrogens is 494 g/mol. The second-order valence-corrected chi connectivity index (χ2v) is 10.2. The van der Waals surface area contributed by atoms with Crippen molar-refractivity contribution in [2.75, 3.05) is 23.4 Å². The molecular formula is C27H31N3O6S. The predicted molar refractivity (Wildman–Crippen MR) is 142 cm³/mol. The number of carbonyl (C=O) groups excluding carboxylic acids is 2. The van der Waals surface area contributed by atoms with Crippen LogP contribution >= 0.6 is 0 Å². The Bertz CT molecular complexity index is 1300. The zero-order chi connectivity index (χ0) is 26.8. The van der Waals surface area contributed by atoms with E-state index < -0.39 is 28.5 Å². The number of hydrogen-bond acceptors (Lipinski definition) is 7. The minimum Gasteiger partial charge on any atom is -0.468 e. The third-order valence-electron chi connectivity index (χ3n) is 5.41. The Labute approximate surface area is 217 Å². The molecule has 3 aromatic rings. The van der Waals surface area contributed by atoms with Crippen molar-refractivity contribution in [1.29, 1.82) is 0 Å². The molecule has 0 saturated carbocycles. The Morgan fingerprint density at radius 1 is 1.05 bits per heavy atom. The van der Waals surface area contributed by atoms with Crippen LogP contribution in [0.3, 0.4) is 0 Å². The van der Waals surface area contributed by atoms with E-state index in [0.29, 0.717) is 23.1 Å². The van der Waals surface area contributed by atoms with Crippen molar-refractivity contribution < 1.29 is 27.2 Å². The maximum absolute atomic E-state index is 12.4. The van der Waals surface area contributed by atoms with Crippen LogP contribution in [0, 0.1) is 0 Å². The first-order valence-electron chi connectivity index (χ1n) is 11.8. The SMILES string of the molecule is CCN(c1ccc(NC(=O)COC(=O)/C=C/c2ccc(S(=O)(=O)NCc3ccco3)cc2)cc1)C(C)C. The number of ether oxygens (including phenoxy) is 1. The van der Waals surface area contributed by atoms with Gasteiger partial charge >= 0.3 is 5.97 Å². The summed E-state index contributed by atoms with van der Waals surface area (Å²) in [5, 5.41) is 2.70. The van der Waals surface area contributed by atoms with Crippen LogP contribution in [0.5, 0.6) is 0 Å². The van der Waals surface area contributed by atoms with Gasteiger partial charge in [0.05, 0.1) is 17.7 Å². The number of nitrogens with one attached hydrogen (secondary N) is 2. The molecule has 196 valence electrons. The fourth-order valence-electron chi connectivity index (χ4n) is 3.55. The highest BCUT2D eigenvalue weighted by molar-refractivity contribution is 7.89. The van der Waals surface area contributed by atoms with Gasteiger partial charge in [0.15, 0.2) is 6.61 Å². The second-order valence-electron chi connectivity index (χ2n) is 8.39. The molecule has 2 N–H and O–H groups in total. The second kappa shape index (κ2) is 12.9. The van der Waals surface area contributed by atoms with Crippen LogP contribution in [0.2, 0.25) is 0 Å². The molecule has 10 heteroatoms. The molecule has 1 amide bonds. The van der Waals surface area contributed by atoms with E-state index >= 15 is 0 Å². The lowest BCUT2D eigenvalue weighted by molar-refractivity contribution is -0.142. The van der Waals surface area contributed by atoms with Gasteiger partial charge < -0.3 is 19.4 Å². The molecule has 0 saturated heterocycles. The van der Waals surface area contributed by atoms with Crippen molar-refractivity contribution >= 4 is 39.4 Å². The number of sulfonamides is 1. The lowest BCUT2D eigenvalue weighted by Gasteiger charge is -2.27. The van der Waals surface area contributed by atoms with E-state index in [1.165, 1.54) is 30.5 Å². The number of nitrogens with zero attached hydrogens (tertiary/aromatic N) is 1. The monoisotopic (exact) mass is 525 g/mol. The highest BCUT2D eigenvalue weighted by Crippen LogP contribution is 2.20. The summed E-state index contributed by atoms with van der Waals surface area (Å²) in [6, 6.07) is 17.1. The summed E-state index contributed by atoms with van der Waals surface area (Å²) in [5.74, 6) is -0.654. The summed E-state index contributed by atoms with van der Waals surface area (Å²) >= 11 is 0. The third kappa shape index (κ3) is 8.33.